The first-order chi connectivity index (χ1) is 6.77. The van der Waals surface area contributed by atoms with Crippen molar-refractivity contribution in [3.63, 3.8) is 0 Å². The van der Waals surface area contributed by atoms with Crippen LogP contribution in [0, 0.1) is 0 Å². The Hall–Kier alpha value is -0.610. The zero-order chi connectivity index (χ0) is 10.4. The highest BCUT2D eigenvalue weighted by atomic mass is 16.2. The van der Waals surface area contributed by atoms with Crippen molar-refractivity contribution in [2.24, 2.45) is 5.84 Å². The summed E-state index contributed by atoms with van der Waals surface area (Å²) in [4.78, 5) is 13.4. The van der Waals surface area contributed by atoms with Gasteiger partial charge < -0.3 is 0 Å². The zero-order valence-corrected chi connectivity index (χ0v) is 8.96. The lowest BCUT2D eigenvalue weighted by Gasteiger charge is -2.34. The summed E-state index contributed by atoms with van der Waals surface area (Å²) >= 11 is 0. The first kappa shape index (κ1) is 11.5. The van der Waals surface area contributed by atoms with Crippen molar-refractivity contribution in [1.29, 1.82) is 0 Å². The fraction of sp³-hybridized carbons (Fsp3) is 0.900. The average molecular weight is 199 g/mol. The molecule has 1 saturated heterocycles. The molecule has 0 radical (unpaired) electrons. The quantitative estimate of drug-likeness (QED) is 0.397. The molecule has 1 aliphatic heterocycles. The Morgan fingerprint density at radius 1 is 1.57 bits per heavy atom. The minimum absolute atomic E-state index is 0.0759. The van der Waals surface area contributed by atoms with E-state index in [0.717, 1.165) is 6.54 Å². The average Bonchev–Trinajstić information content (AvgIpc) is 2.21. The van der Waals surface area contributed by atoms with Gasteiger partial charge in [0.1, 0.15) is 0 Å². The third kappa shape index (κ3) is 3.27. The standard InChI is InChI=1S/C10H21N3O/c1-2-5-9-6-3-4-7-13(9)8-10(14)12-11/h9H,2-8,11H2,1H3,(H,12,14). The van der Waals surface area contributed by atoms with E-state index in [0.29, 0.717) is 12.6 Å². The molecule has 4 heteroatoms. The molecule has 0 bridgehead atoms. The molecule has 1 atom stereocenters. The van der Waals surface area contributed by atoms with Gasteiger partial charge in [0, 0.05) is 6.04 Å². The van der Waals surface area contributed by atoms with Crippen molar-refractivity contribution in [3.05, 3.63) is 0 Å². The van der Waals surface area contributed by atoms with Crippen molar-refractivity contribution < 1.29 is 4.79 Å². The van der Waals surface area contributed by atoms with Crippen molar-refractivity contribution in [1.82, 2.24) is 10.3 Å². The number of likely N-dealkylation sites (tertiary alicyclic amines) is 1. The van der Waals surface area contributed by atoms with Crippen LogP contribution in [-0.4, -0.2) is 29.9 Å². The van der Waals surface area contributed by atoms with Crippen LogP contribution in [0.4, 0.5) is 0 Å². The van der Waals surface area contributed by atoms with E-state index >= 15 is 0 Å². The molecular formula is C10H21N3O. The first-order valence-electron chi connectivity index (χ1n) is 5.51. The minimum atomic E-state index is -0.0759. The van der Waals surface area contributed by atoms with Crippen molar-refractivity contribution in [2.45, 2.75) is 45.1 Å². The van der Waals surface area contributed by atoms with Gasteiger partial charge in [-0.2, -0.15) is 0 Å². The number of carbonyl (C=O) groups excluding carboxylic acids is 1. The van der Waals surface area contributed by atoms with E-state index in [1.54, 1.807) is 0 Å². The summed E-state index contributed by atoms with van der Waals surface area (Å²) in [6.45, 7) is 3.69. The second-order valence-electron chi connectivity index (χ2n) is 3.98. The van der Waals surface area contributed by atoms with Gasteiger partial charge in [-0.05, 0) is 25.8 Å². The van der Waals surface area contributed by atoms with Crippen LogP contribution in [0.2, 0.25) is 0 Å². The number of hydrazine groups is 1. The molecule has 1 unspecified atom stereocenters. The largest absolute Gasteiger partial charge is 0.293 e. The van der Waals surface area contributed by atoms with E-state index in [-0.39, 0.29) is 5.91 Å². The summed E-state index contributed by atoms with van der Waals surface area (Å²) in [5.41, 5.74) is 2.19. The minimum Gasteiger partial charge on any atom is -0.293 e. The molecule has 1 heterocycles. The van der Waals surface area contributed by atoms with Gasteiger partial charge in [0.15, 0.2) is 0 Å². The normalized spacial score (nSPS) is 23.4. The number of nitrogens with two attached hydrogens (primary N) is 1. The number of carbonyl (C=O) groups is 1. The molecule has 0 saturated carbocycles. The van der Waals surface area contributed by atoms with E-state index in [2.05, 4.69) is 17.2 Å². The number of amides is 1. The van der Waals surface area contributed by atoms with Gasteiger partial charge in [0.05, 0.1) is 6.54 Å². The fourth-order valence-corrected chi connectivity index (χ4v) is 2.16. The summed E-state index contributed by atoms with van der Waals surface area (Å²) in [6.07, 6.45) is 6.11. The monoisotopic (exact) mass is 199 g/mol. The highest BCUT2D eigenvalue weighted by Crippen LogP contribution is 2.20. The van der Waals surface area contributed by atoms with Gasteiger partial charge in [-0.1, -0.05) is 19.8 Å². The van der Waals surface area contributed by atoms with Crippen LogP contribution in [0.5, 0.6) is 0 Å². The second-order valence-corrected chi connectivity index (χ2v) is 3.98. The lowest BCUT2D eigenvalue weighted by atomic mass is 9.98. The fourth-order valence-electron chi connectivity index (χ4n) is 2.16. The van der Waals surface area contributed by atoms with E-state index in [1.807, 2.05) is 0 Å². The van der Waals surface area contributed by atoms with Crippen LogP contribution in [0.15, 0.2) is 0 Å². The summed E-state index contributed by atoms with van der Waals surface area (Å²) in [5, 5.41) is 0. The lowest BCUT2D eigenvalue weighted by molar-refractivity contribution is -0.123. The number of piperidine rings is 1. The third-order valence-electron chi connectivity index (χ3n) is 2.88. The maximum absolute atomic E-state index is 11.2. The molecule has 3 N–H and O–H groups in total. The molecule has 1 rings (SSSR count). The van der Waals surface area contributed by atoms with Crippen LogP contribution >= 0.6 is 0 Å². The van der Waals surface area contributed by atoms with Crippen molar-refractivity contribution in [3.8, 4) is 0 Å². The van der Waals surface area contributed by atoms with Crippen LogP contribution in [0.1, 0.15) is 39.0 Å². The Balaban J connectivity index is 2.41. The Labute approximate surface area is 85.8 Å². The van der Waals surface area contributed by atoms with Crippen LogP contribution in [0.3, 0.4) is 0 Å². The molecular weight excluding hydrogens is 178 g/mol. The van der Waals surface area contributed by atoms with E-state index in [4.69, 9.17) is 5.84 Å². The van der Waals surface area contributed by atoms with E-state index in [9.17, 15) is 4.79 Å². The van der Waals surface area contributed by atoms with Gasteiger partial charge in [-0.3, -0.25) is 15.1 Å². The van der Waals surface area contributed by atoms with Gasteiger partial charge in [0.25, 0.3) is 0 Å². The Kier molecular flexibility index (Phi) is 4.90. The Bertz CT molecular complexity index is 182. The zero-order valence-electron chi connectivity index (χ0n) is 8.96. The maximum atomic E-state index is 11.2. The number of nitrogens with zero attached hydrogens (tertiary/aromatic N) is 1. The molecule has 0 aromatic rings. The first-order valence-corrected chi connectivity index (χ1v) is 5.51. The molecule has 0 aliphatic carbocycles. The van der Waals surface area contributed by atoms with Gasteiger partial charge in [0.2, 0.25) is 5.91 Å². The van der Waals surface area contributed by atoms with E-state index in [1.165, 1.54) is 32.1 Å². The smallest absolute Gasteiger partial charge is 0.248 e. The molecule has 0 spiro atoms. The Morgan fingerprint density at radius 3 is 3.00 bits per heavy atom. The number of rotatable bonds is 4. The van der Waals surface area contributed by atoms with Gasteiger partial charge >= 0.3 is 0 Å². The van der Waals surface area contributed by atoms with Crippen molar-refractivity contribution >= 4 is 5.91 Å². The predicted molar refractivity (Wildman–Crippen MR) is 56.5 cm³/mol. The lowest BCUT2D eigenvalue weighted by Crippen LogP contribution is -2.46. The molecule has 1 amide bonds. The predicted octanol–water partition coefficient (Wildman–Crippen LogP) is 0.631. The highest BCUT2D eigenvalue weighted by molar-refractivity contribution is 5.77. The number of nitrogens with one attached hydrogen (secondary N) is 1. The number of hydrogen-bond donors (Lipinski definition) is 2. The molecule has 0 aromatic heterocycles. The molecule has 1 fully saturated rings. The molecule has 4 nitrogen and oxygen atoms in total. The SMILES string of the molecule is CCCC1CCCCN1CC(=O)NN. The summed E-state index contributed by atoms with van der Waals surface area (Å²) in [5.74, 6) is 5.01. The van der Waals surface area contributed by atoms with Crippen molar-refractivity contribution in [2.75, 3.05) is 13.1 Å². The highest BCUT2D eigenvalue weighted by Gasteiger charge is 2.22. The molecule has 14 heavy (non-hydrogen) atoms. The Morgan fingerprint density at radius 2 is 2.36 bits per heavy atom. The summed E-state index contributed by atoms with van der Waals surface area (Å²) in [6, 6.07) is 0.589. The summed E-state index contributed by atoms with van der Waals surface area (Å²) < 4.78 is 0. The van der Waals surface area contributed by atoms with Gasteiger partial charge in [-0.25, -0.2) is 5.84 Å². The third-order valence-corrected chi connectivity index (χ3v) is 2.88. The molecule has 82 valence electrons. The maximum Gasteiger partial charge on any atom is 0.248 e. The summed E-state index contributed by atoms with van der Waals surface area (Å²) in [7, 11) is 0. The molecule has 1 aliphatic rings. The van der Waals surface area contributed by atoms with E-state index < -0.39 is 0 Å². The second kappa shape index (κ2) is 5.98. The topological polar surface area (TPSA) is 58.4 Å². The van der Waals surface area contributed by atoms with Gasteiger partial charge in [-0.15, -0.1) is 0 Å². The van der Waals surface area contributed by atoms with Crippen LogP contribution < -0.4 is 11.3 Å². The number of hydrogen-bond acceptors (Lipinski definition) is 3. The van der Waals surface area contributed by atoms with Crippen LogP contribution in [0.25, 0.3) is 0 Å². The van der Waals surface area contributed by atoms with Crippen LogP contribution in [-0.2, 0) is 4.79 Å². The molecule has 0 aromatic carbocycles.